The molecule has 2 saturated carbocycles. The van der Waals surface area contributed by atoms with Crippen LogP contribution in [0.25, 0.3) is 0 Å². The molecule has 4 atom stereocenters. The maximum Gasteiger partial charge on any atom is 0.224 e. The van der Waals surface area contributed by atoms with Crippen LogP contribution in [-0.2, 0) is 4.79 Å². The lowest BCUT2D eigenvalue weighted by Crippen LogP contribution is -2.36. The van der Waals surface area contributed by atoms with Gasteiger partial charge >= 0.3 is 0 Å². The second-order valence-corrected chi connectivity index (χ2v) is 7.79. The van der Waals surface area contributed by atoms with Gasteiger partial charge in [-0.05, 0) is 50.4 Å². The van der Waals surface area contributed by atoms with Crippen molar-refractivity contribution in [2.45, 2.75) is 38.6 Å². The van der Waals surface area contributed by atoms with Gasteiger partial charge in [-0.2, -0.15) is 0 Å². The fraction of sp³-hybridized carbons (Fsp3) is 0.625. The zero-order chi connectivity index (χ0) is 13.7. The Morgan fingerprint density at radius 1 is 1.40 bits per heavy atom. The maximum atomic E-state index is 12.6. The summed E-state index contributed by atoms with van der Waals surface area (Å²) in [6.07, 6.45) is 11.1. The van der Waals surface area contributed by atoms with Crippen molar-refractivity contribution < 1.29 is 4.79 Å². The standard InChI is InChI=1S/C16H20N2OS/c1-9-8-17-16(20-9)14(11-4-5-11)18-15(19)13-7-10-2-3-12(13)6-10/h2-3,8,10-14H,4-7H2,1H3,(H,18,19)/t10-,12-,13-,14+/m0/s1. The third-order valence-electron chi connectivity index (χ3n) is 4.91. The molecule has 3 aliphatic rings. The van der Waals surface area contributed by atoms with Gasteiger partial charge in [-0.1, -0.05) is 12.2 Å². The minimum Gasteiger partial charge on any atom is -0.346 e. The number of amides is 1. The molecule has 0 aromatic carbocycles. The lowest BCUT2D eigenvalue weighted by Gasteiger charge is -2.22. The lowest BCUT2D eigenvalue weighted by molar-refractivity contribution is -0.126. The summed E-state index contributed by atoms with van der Waals surface area (Å²) in [5.41, 5.74) is 0. The molecule has 0 radical (unpaired) electrons. The highest BCUT2D eigenvalue weighted by Gasteiger charge is 2.42. The number of fused-ring (bicyclic) bond motifs is 2. The van der Waals surface area contributed by atoms with Crippen LogP contribution in [0.3, 0.4) is 0 Å². The number of carbonyl (C=O) groups is 1. The van der Waals surface area contributed by atoms with Gasteiger partial charge in [0.25, 0.3) is 0 Å². The number of aromatic nitrogens is 1. The average Bonchev–Trinajstić information content (AvgIpc) is 2.86. The third kappa shape index (κ3) is 2.20. The van der Waals surface area contributed by atoms with E-state index < -0.39 is 0 Å². The Balaban J connectivity index is 1.48. The number of allylic oxidation sites excluding steroid dienone is 2. The summed E-state index contributed by atoms with van der Waals surface area (Å²) in [6, 6.07) is 0.157. The Morgan fingerprint density at radius 3 is 2.80 bits per heavy atom. The molecule has 0 saturated heterocycles. The number of aryl methyl sites for hydroxylation is 1. The Bertz CT molecular complexity index is 561. The number of nitrogens with one attached hydrogen (secondary N) is 1. The monoisotopic (exact) mass is 288 g/mol. The van der Waals surface area contributed by atoms with Crippen LogP contribution in [0.2, 0.25) is 0 Å². The second kappa shape index (κ2) is 4.69. The van der Waals surface area contributed by atoms with Crippen LogP contribution in [0, 0.1) is 30.6 Å². The molecular weight excluding hydrogens is 268 g/mol. The van der Waals surface area contributed by atoms with Crippen molar-refractivity contribution in [3.05, 3.63) is 28.2 Å². The number of hydrogen-bond acceptors (Lipinski definition) is 3. The van der Waals surface area contributed by atoms with Gasteiger partial charge < -0.3 is 5.32 Å². The average molecular weight is 288 g/mol. The first-order valence-electron chi connectivity index (χ1n) is 7.62. The Hall–Kier alpha value is -1.16. The summed E-state index contributed by atoms with van der Waals surface area (Å²) in [5, 5.41) is 4.40. The van der Waals surface area contributed by atoms with Crippen LogP contribution in [0.15, 0.2) is 18.3 Å². The molecule has 0 spiro atoms. The molecule has 1 N–H and O–H groups in total. The quantitative estimate of drug-likeness (QED) is 0.864. The third-order valence-corrected chi connectivity index (χ3v) is 5.91. The molecule has 2 bridgehead atoms. The molecule has 106 valence electrons. The van der Waals surface area contributed by atoms with E-state index in [0.29, 0.717) is 17.8 Å². The summed E-state index contributed by atoms with van der Waals surface area (Å²) >= 11 is 1.72. The smallest absolute Gasteiger partial charge is 0.224 e. The first kappa shape index (κ1) is 12.6. The summed E-state index contributed by atoms with van der Waals surface area (Å²) in [6.45, 7) is 2.08. The molecule has 3 nitrogen and oxygen atoms in total. The number of hydrogen-bond donors (Lipinski definition) is 1. The molecule has 3 aliphatic carbocycles. The van der Waals surface area contributed by atoms with E-state index in [0.717, 1.165) is 11.4 Å². The molecule has 1 aromatic rings. The van der Waals surface area contributed by atoms with Gasteiger partial charge in [-0.15, -0.1) is 11.3 Å². The van der Waals surface area contributed by atoms with Gasteiger partial charge in [0.2, 0.25) is 5.91 Å². The topological polar surface area (TPSA) is 42.0 Å². The van der Waals surface area contributed by atoms with Gasteiger partial charge in [0.05, 0.1) is 6.04 Å². The largest absolute Gasteiger partial charge is 0.346 e. The van der Waals surface area contributed by atoms with E-state index >= 15 is 0 Å². The molecular formula is C16H20N2OS. The van der Waals surface area contributed by atoms with Gasteiger partial charge in [0.15, 0.2) is 0 Å². The Kier molecular flexibility index (Phi) is 2.95. The molecule has 1 amide bonds. The van der Waals surface area contributed by atoms with Crippen molar-refractivity contribution in [1.82, 2.24) is 10.3 Å². The predicted octanol–water partition coefficient (Wildman–Crippen LogP) is 3.23. The van der Waals surface area contributed by atoms with Crippen LogP contribution >= 0.6 is 11.3 Å². The molecule has 4 rings (SSSR count). The van der Waals surface area contributed by atoms with E-state index in [9.17, 15) is 4.79 Å². The highest BCUT2D eigenvalue weighted by atomic mass is 32.1. The Labute approximate surface area is 123 Å². The summed E-state index contributed by atoms with van der Waals surface area (Å²) in [4.78, 5) is 18.3. The normalized spacial score (nSPS) is 32.5. The van der Waals surface area contributed by atoms with Gasteiger partial charge in [-0.25, -0.2) is 4.98 Å². The lowest BCUT2D eigenvalue weighted by atomic mass is 9.92. The van der Waals surface area contributed by atoms with Crippen LogP contribution in [0.5, 0.6) is 0 Å². The van der Waals surface area contributed by atoms with E-state index in [1.54, 1.807) is 11.3 Å². The van der Waals surface area contributed by atoms with Crippen LogP contribution in [0.1, 0.15) is 41.6 Å². The first-order valence-corrected chi connectivity index (χ1v) is 8.43. The van der Waals surface area contributed by atoms with E-state index in [1.807, 2.05) is 6.20 Å². The SMILES string of the molecule is Cc1cnc([C@H](NC(=O)[C@H]2C[C@H]3C=C[C@H]2C3)C2CC2)s1. The van der Waals surface area contributed by atoms with Crippen LogP contribution < -0.4 is 5.32 Å². The molecule has 0 unspecified atom stereocenters. The van der Waals surface area contributed by atoms with Crippen molar-refractivity contribution >= 4 is 17.2 Å². The minimum absolute atomic E-state index is 0.157. The fourth-order valence-electron chi connectivity index (χ4n) is 3.67. The first-order chi connectivity index (χ1) is 9.70. The number of rotatable bonds is 4. The zero-order valence-corrected chi connectivity index (χ0v) is 12.5. The zero-order valence-electron chi connectivity index (χ0n) is 11.7. The minimum atomic E-state index is 0.157. The molecule has 4 heteroatoms. The predicted molar refractivity (Wildman–Crippen MR) is 79.3 cm³/mol. The van der Waals surface area contributed by atoms with Gasteiger partial charge in [0.1, 0.15) is 5.01 Å². The maximum absolute atomic E-state index is 12.6. The van der Waals surface area contributed by atoms with Crippen molar-refractivity contribution in [2.24, 2.45) is 23.7 Å². The van der Waals surface area contributed by atoms with Crippen LogP contribution in [-0.4, -0.2) is 10.9 Å². The van der Waals surface area contributed by atoms with E-state index in [2.05, 4.69) is 29.4 Å². The number of carbonyl (C=O) groups excluding carboxylic acids is 1. The second-order valence-electron chi connectivity index (χ2n) is 6.52. The fourth-order valence-corrected chi connectivity index (χ4v) is 4.59. The van der Waals surface area contributed by atoms with Gasteiger partial charge in [0, 0.05) is 17.0 Å². The molecule has 2 fully saturated rings. The molecule has 20 heavy (non-hydrogen) atoms. The van der Waals surface area contributed by atoms with Crippen LogP contribution in [0.4, 0.5) is 0 Å². The molecule has 1 aromatic heterocycles. The highest BCUT2D eigenvalue weighted by molar-refractivity contribution is 7.11. The highest BCUT2D eigenvalue weighted by Crippen LogP contribution is 2.45. The molecule has 1 heterocycles. The number of nitrogens with zero attached hydrogens (tertiary/aromatic N) is 1. The number of thiazole rings is 1. The van der Waals surface area contributed by atoms with Crippen molar-refractivity contribution in [3.8, 4) is 0 Å². The molecule has 0 aliphatic heterocycles. The van der Waals surface area contributed by atoms with E-state index in [-0.39, 0.29) is 17.9 Å². The van der Waals surface area contributed by atoms with E-state index in [4.69, 9.17) is 0 Å². The van der Waals surface area contributed by atoms with Crippen molar-refractivity contribution in [2.75, 3.05) is 0 Å². The summed E-state index contributed by atoms with van der Waals surface area (Å²) in [5.74, 6) is 2.20. The van der Waals surface area contributed by atoms with Crippen molar-refractivity contribution in [1.29, 1.82) is 0 Å². The van der Waals surface area contributed by atoms with E-state index in [1.165, 1.54) is 24.1 Å². The van der Waals surface area contributed by atoms with Gasteiger partial charge in [-0.3, -0.25) is 4.79 Å². The van der Waals surface area contributed by atoms with Crippen molar-refractivity contribution in [3.63, 3.8) is 0 Å². The summed E-state index contributed by atoms with van der Waals surface area (Å²) < 4.78 is 0. The summed E-state index contributed by atoms with van der Waals surface area (Å²) in [7, 11) is 0. The Morgan fingerprint density at radius 2 is 2.25 bits per heavy atom.